The van der Waals surface area contributed by atoms with Gasteiger partial charge in [-0.15, -0.1) is 0 Å². The molecule has 2 N–H and O–H groups in total. The molecule has 1 fully saturated rings. The zero-order chi connectivity index (χ0) is 24.5. The van der Waals surface area contributed by atoms with E-state index in [0.29, 0.717) is 26.5 Å². The predicted molar refractivity (Wildman–Crippen MR) is 125 cm³/mol. The Kier molecular flexibility index (Phi) is 7.06. The van der Waals surface area contributed by atoms with Crippen LogP contribution in [0, 0.1) is 0 Å². The first kappa shape index (κ1) is 24.6. The van der Waals surface area contributed by atoms with Crippen molar-refractivity contribution in [2.75, 3.05) is 17.3 Å². The molecule has 176 valence electrons. The van der Waals surface area contributed by atoms with E-state index in [-0.39, 0.29) is 0 Å². The number of amides is 4. The number of carbonyl (C=O) groups excluding carboxylic acids is 3. The smallest absolute Gasteiger partial charge is 0.347 e. The van der Waals surface area contributed by atoms with Crippen LogP contribution in [0.1, 0.15) is 20.8 Å². The number of anilines is 2. The van der Waals surface area contributed by atoms with E-state index < -0.39 is 35.8 Å². The van der Waals surface area contributed by atoms with Crippen LogP contribution >= 0.6 is 23.2 Å². The number of hydrogen-bond donors (Lipinski definition) is 2. The average Bonchev–Trinajstić information content (AvgIpc) is 2.96. The maximum Gasteiger partial charge on any atom is 0.347 e. The van der Waals surface area contributed by atoms with Crippen molar-refractivity contribution in [3.05, 3.63) is 58.6 Å². The lowest BCUT2D eigenvalue weighted by Gasteiger charge is -2.39. The van der Waals surface area contributed by atoms with Crippen molar-refractivity contribution in [3.8, 4) is 0 Å². The number of esters is 1. The third-order valence-electron chi connectivity index (χ3n) is 5.44. The number of halogens is 2. The molecule has 1 aliphatic rings. The van der Waals surface area contributed by atoms with Crippen LogP contribution in [0.15, 0.2) is 48.5 Å². The summed E-state index contributed by atoms with van der Waals surface area (Å²) < 4.78 is 4.82. The highest BCUT2D eigenvalue weighted by Crippen LogP contribution is 2.40. The Labute approximate surface area is 201 Å². The van der Waals surface area contributed by atoms with Gasteiger partial charge in [-0.2, -0.15) is 5.06 Å². The second-order valence-electron chi connectivity index (χ2n) is 8.01. The molecule has 0 aliphatic carbocycles. The van der Waals surface area contributed by atoms with Crippen molar-refractivity contribution >= 4 is 52.6 Å². The Morgan fingerprint density at radius 3 is 2.33 bits per heavy atom. The number of carbonyl (C=O) groups is 3. The van der Waals surface area contributed by atoms with E-state index in [4.69, 9.17) is 27.9 Å². The third-order valence-corrected chi connectivity index (χ3v) is 5.91. The van der Waals surface area contributed by atoms with Crippen LogP contribution in [0.5, 0.6) is 0 Å². The van der Waals surface area contributed by atoms with Gasteiger partial charge >= 0.3 is 18.0 Å². The standard InChI is InChI=1S/C22H24Cl2N4O5/c1-13(18(29)33-4)27-21(31)26(17-10-6-8-15(24)12-17)19(22(27,2)3)28(32)20(30)25-16-9-5-7-14(23)11-16/h5-13,19,32H,1-4H3,(H,25,30)/t13-,19-/m0/s1. The summed E-state index contributed by atoms with van der Waals surface area (Å²) in [5.41, 5.74) is -0.546. The van der Waals surface area contributed by atoms with Crippen molar-refractivity contribution in [3.63, 3.8) is 0 Å². The number of nitrogens with zero attached hydrogens (tertiary/aromatic N) is 3. The van der Waals surface area contributed by atoms with E-state index in [1.165, 1.54) is 36.0 Å². The highest BCUT2D eigenvalue weighted by Gasteiger charge is 2.58. The minimum Gasteiger partial charge on any atom is -0.467 e. The predicted octanol–water partition coefficient (Wildman–Crippen LogP) is 4.82. The van der Waals surface area contributed by atoms with Gasteiger partial charge in [-0.1, -0.05) is 35.3 Å². The van der Waals surface area contributed by atoms with E-state index in [0.717, 1.165) is 0 Å². The molecule has 0 unspecified atom stereocenters. The van der Waals surface area contributed by atoms with Crippen LogP contribution in [0.25, 0.3) is 0 Å². The fraction of sp³-hybridized carbons (Fsp3) is 0.318. The number of rotatable bonds is 5. The maximum atomic E-state index is 13.5. The van der Waals surface area contributed by atoms with E-state index >= 15 is 0 Å². The summed E-state index contributed by atoms with van der Waals surface area (Å²) in [7, 11) is 1.22. The number of nitrogens with one attached hydrogen (secondary N) is 1. The summed E-state index contributed by atoms with van der Waals surface area (Å²) >= 11 is 12.1. The number of hydroxylamine groups is 2. The monoisotopic (exact) mass is 494 g/mol. The van der Waals surface area contributed by atoms with Gasteiger partial charge in [0.1, 0.15) is 6.04 Å². The van der Waals surface area contributed by atoms with Gasteiger partial charge < -0.3 is 15.0 Å². The van der Waals surface area contributed by atoms with Crippen LogP contribution in [0.4, 0.5) is 21.0 Å². The summed E-state index contributed by atoms with van der Waals surface area (Å²) in [5.74, 6) is -0.643. The Bertz CT molecular complexity index is 1080. The van der Waals surface area contributed by atoms with Gasteiger partial charge in [-0.25, -0.2) is 14.4 Å². The van der Waals surface area contributed by atoms with E-state index in [9.17, 15) is 19.6 Å². The van der Waals surface area contributed by atoms with Crippen LogP contribution in [0.2, 0.25) is 10.0 Å². The lowest BCUT2D eigenvalue weighted by atomic mass is 9.98. The van der Waals surface area contributed by atoms with Crippen LogP contribution in [0.3, 0.4) is 0 Å². The molecule has 1 saturated heterocycles. The second kappa shape index (κ2) is 9.46. The lowest BCUT2D eigenvalue weighted by Crippen LogP contribution is -2.59. The molecule has 4 amide bonds. The minimum atomic E-state index is -1.23. The molecule has 3 rings (SSSR count). The Hall–Kier alpha value is -3.01. The largest absolute Gasteiger partial charge is 0.467 e. The number of hydrogen-bond acceptors (Lipinski definition) is 5. The Balaban J connectivity index is 2.04. The molecule has 1 heterocycles. The van der Waals surface area contributed by atoms with Crippen molar-refractivity contribution in [2.24, 2.45) is 0 Å². The summed E-state index contributed by atoms with van der Waals surface area (Å²) in [5, 5.41) is 14.7. The van der Waals surface area contributed by atoms with Gasteiger partial charge in [-0.3, -0.25) is 10.1 Å². The molecule has 11 heteroatoms. The van der Waals surface area contributed by atoms with Gasteiger partial charge in [0.15, 0.2) is 6.17 Å². The van der Waals surface area contributed by atoms with Crippen LogP contribution in [-0.4, -0.2) is 58.1 Å². The van der Waals surface area contributed by atoms with E-state index in [1.54, 1.807) is 50.2 Å². The average molecular weight is 495 g/mol. The van der Waals surface area contributed by atoms with Crippen LogP contribution in [-0.2, 0) is 9.53 Å². The first-order valence-electron chi connectivity index (χ1n) is 9.99. The number of methoxy groups -OCH3 is 1. The number of urea groups is 2. The molecule has 0 bridgehead atoms. The van der Waals surface area contributed by atoms with Crippen molar-refractivity contribution < 1.29 is 24.3 Å². The van der Waals surface area contributed by atoms with Gasteiger partial charge in [0.25, 0.3) is 0 Å². The molecule has 1 aliphatic heterocycles. The lowest BCUT2D eigenvalue weighted by molar-refractivity contribution is -0.148. The summed E-state index contributed by atoms with van der Waals surface area (Å²) in [6.45, 7) is 4.78. The van der Waals surface area contributed by atoms with Gasteiger partial charge in [-0.05, 0) is 57.2 Å². The topological polar surface area (TPSA) is 102 Å². The van der Waals surface area contributed by atoms with E-state index in [1.807, 2.05) is 0 Å². The normalized spacial score (nSPS) is 18.2. The number of benzene rings is 2. The quantitative estimate of drug-likeness (QED) is 0.352. The molecule has 33 heavy (non-hydrogen) atoms. The fourth-order valence-electron chi connectivity index (χ4n) is 3.99. The Morgan fingerprint density at radius 2 is 1.76 bits per heavy atom. The maximum absolute atomic E-state index is 13.5. The molecule has 2 aromatic carbocycles. The molecule has 0 aromatic heterocycles. The summed E-state index contributed by atoms with van der Waals surface area (Å²) in [4.78, 5) is 41.3. The molecular formula is C22H24Cl2N4O5. The molecule has 2 aromatic rings. The van der Waals surface area contributed by atoms with E-state index in [2.05, 4.69) is 5.32 Å². The molecule has 0 saturated carbocycles. The zero-order valence-electron chi connectivity index (χ0n) is 18.5. The van der Waals surface area contributed by atoms with Gasteiger partial charge in [0, 0.05) is 21.4 Å². The molecule has 2 atom stereocenters. The van der Waals surface area contributed by atoms with Crippen molar-refractivity contribution in [2.45, 2.75) is 38.5 Å². The molecule has 0 radical (unpaired) electrons. The molecule has 9 nitrogen and oxygen atoms in total. The van der Waals surface area contributed by atoms with Crippen molar-refractivity contribution in [1.29, 1.82) is 0 Å². The Morgan fingerprint density at radius 1 is 1.15 bits per heavy atom. The summed E-state index contributed by atoms with van der Waals surface area (Å²) in [6.07, 6.45) is -1.23. The van der Waals surface area contributed by atoms with Crippen LogP contribution < -0.4 is 10.2 Å². The van der Waals surface area contributed by atoms with Crippen molar-refractivity contribution in [1.82, 2.24) is 9.96 Å². The highest BCUT2D eigenvalue weighted by atomic mass is 35.5. The first-order chi connectivity index (χ1) is 15.5. The molecular weight excluding hydrogens is 471 g/mol. The minimum absolute atomic E-state index is 0.333. The zero-order valence-corrected chi connectivity index (χ0v) is 20.0. The van der Waals surface area contributed by atoms with Gasteiger partial charge in [0.2, 0.25) is 0 Å². The SMILES string of the molecule is COC(=O)[C@H](C)N1C(=O)N(c2cccc(Cl)c2)[C@@H](N(O)C(=O)Nc2cccc(Cl)c2)C1(C)C. The summed E-state index contributed by atoms with van der Waals surface area (Å²) in [6, 6.07) is 10.3. The molecule has 0 spiro atoms. The fourth-order valence-corrected chi connectivity index (χ4v) is 4.37. The highest BCUT2D eigenvalue weighted by molar-refractivity contribution is 6.31. The van der Waals surface area contributed by atoms with Gasteiger partial charge in [0.05, 0.1) is 12.6 Å². The number of ether oxygens (including phenoxy) is 1. The first-order valence-corrected chi connectivity index (χ1v) is 10.7. The second-order valence-corrected chi connectivity index (χ2v) is 8.89. The third kappa shape index (κ3) is 4.71.